The van der Waals surface area contributed by atoms with Gasteiger partial charge >= 0.3 is 11.9 Å². The highest BCUT2D eigenvalue weighted by Gasteiger charge is 2.26. The molecule has 1 aromatic heterocycles. The summed E-state index contributed by atoms with van der Waals surface area (Å²) in [5.74, 6) is -1.27. The number of fused-ring (bicyclic) bond motifs is 1. The van der Waals surface area contributed by atoms with Crippen molar-refractivity contribution in [3.05, 3.63) is 64.2 Å². The maximum absolute atomic E-state index is 11.4. The molecule has 1 heterocycles. The van der Waals surface area contributed by atoms with E-state index in [4.69, 9.17) is 4.42 Å². The molecular formula is C20H20N2O5. The first-order valence-electron chi connectivity index (χ1n) is 8.60. The lowest BCUT2D eigenvalue weighted by atomic mass is 10.0. The Bertz CT molecular complexity index is 979. The van der Waals surface area contributed by atoms with Gasteiger partial charge in [0.2, 0.25) is 0 Å². The first-order chi connectivity index (χ1) is 12.9. The van der Waals surface area contributed by atoms with Crippen molar-refractivity contribution in [2.45, 2.75) is 26.4 Å². The second-order valence-corrected chi connectivity index (χ2v) is 6.68. The van der Waals surface area contributed by atoms with Crippen LogP contribution < -0.4 is 5.32 Å². The highest BCUT2D eigenvalue weighted by Crippen LogP contribution is 2.40. The van der Waals surface area contributed by atoms with Gasteiger partial charge in [-0.3, -0.25) is 14.9 Å². The van der Waals surface area contributed by atoms with Crippen LogP contribution in [0.15, 0.2) is 52.9 Å². The van der Waals surface area contributed by atoms with E-state index in [9.17, 15) is 20.0 Å². The quantitative estimate of drug-likeness (QED) is 0.478. The van der Waals surface area contributed by atoms with E-state index in [0.29, 0.717) is 28.6 Å². The van der Waals surface area contributed by atoms with Crippen LogP contribution in [0.5, 0.6) is 0 Å². The predicted octanol–water partition coefficient (Wildman–Crippen LogP) is 4.21. The Morgan fingerprint density at radius 1 is 1.22 bits per heavy atom. The molecule has 0 saturated carbocycles. The number of aliphatic carboxylic acids is 1. The molecule has 0 radical (unpaired) electrons. The summed E-state index contributed by atoms with van der Waals surface area (Å²) >= 11 is 0. The zero-order chi connectivity index (χ0) is 19.6. The average Bonchev–Trinajstić information content (AvgIpc) is 3.01. The zero-order valence-electron chi connectivity index (χ0n) is 15.0. The van der Waals surface area contributed by atoms with Gasteiger partial charge in [0.1, 0.15) is 22.1 Å². The van der Waals surface area contributed by atoms with E-state index in [1.807, 2.05) is 32.0 Å². The molecular weight excluding hydrogens is 348 g/mol. The van der Waals surface area contributed by atoms with E-state index in [2.05, 4.69) is 5.32 Å². The maximum Gasteiger partial charge on any atom is 0.442 e. The Hall–Kier alpha value is -3.19. The molecule has 7 heteroatoms. The molecule has 3 aromatic rings. The van der Waals surface area contributed by atoms with Gasteiger partial charge in [-0.25, -0.2) is 0 Å². The van der Waals surface area contributed by atoms with Crippen LogP contribution in [0.25, 0.3) is 22.1 Å². The van der Waals surface area contributed by atoms with Crippen LogP contribution in [0.3, 0.4) is 0 Å². The fourth-order valence-electron chi connectivity index (χ4n) is 3.09. The number of rotatable bonds is 7. The smallest absolute Gasteiger partial charge is 0.442 e. The fourth-order valence-corrected chi connectivity index (χ4v) is 3.09. The lowest BCUT2D eigenvalue weighted by Crippen LogP contribution is -2.40. The Balaban J connectivity index is 2.01. The van der Waals surface area contributed by atoms with Crippen molar-refractivity contribution >= 4 is 22.8 Å². The van der Waals surface area contributed by atoms with Crippen LogP contribution >= 0.6 is 0 Å². The van der Waals surface area contributed by atoms with Gasteiger partial charge < -0.3 is 14.8 Å². The lowest BCUT2D eigenvalue weighted by molar-refractivity contribution is -0.400. The molecule has 0 bridgehead atoms. The summed E-state index contributed by atoms with van der Waals surface area (Å²) in [4.78, 5) is 22.3. The largest absolute Gasteiger partial charge is 0.480 e. The summed E-state index contributed by atoms with van der Waals surface area (Å²) in [5, 5.41) is 24.4. The van der Waals surface area contributed by atoms with Gasteiger partial charge in [0.15, 0.2) is 0 Å². The highest BCUT2D eigenvalue weighted by molar-refractivity contribution is 5.99. The van der Waals surface area contributed by atoms with E-state index >= 15 is 0 Å². The molecule has 2 aromatic carbocycles. The molecule has 7 nitrogen and oxygen atoms in total. The van der Waals surface area contributed by atoms with Crippen molar-refractivity contribution in [2.24, 2.45) is 5.92 Å². The summed E-state index contributed by atoms with van der Waals surface area (Å²) in [7, 11) is 0. The van der Waals surface area contributed by atoms with Crippen molar-refractivity contribution in [1.29, 1.82) is 0 Å². The lowest BCUT2D eigenvalue weighted by Gasteiger charge is -2.17. The Labute approximate surface area is 155 Å². The number of benzene rings is 2. The number of carbonyl (C=O) groups is 1. The molecule has 0 spiro atoms. The number of carboxylic acid groups (broad SMARTS) is 1. The van der Waals surface area contributed by atoms with Crippen molar-refractivity contribution in [2.75, 3.05) is 0 Å². The third kappa shape index (κ3) is 3.83. The average molecular weight is 368 g/mol. The molecule has 2 N–H and O–H groups in total. The molecule has 140 valence electrons. The number of nitrogens with zero attached hydrogens (tertiary/aromatic N) is 1. The third-order valence-corrected chi connectivity index (χ3v) is 4.42. The molecule has 3 rings (SSSR count). The van der Waals surface area contributed by atoms with Gasteiger partial charge in [-0.1, -0.05) is 50.2 Å². The van der Waals surface area contributed by atoms with Gasteiger partial charge in [0.05, 0.1) is 0 Å². The monoisotopic (exact) mass is 368 g/mol. The molecule has 1 atom stereocenters. The molecule has 0 aliphatic heterocycles. The second kappa shape index (κ2) is 7.59. The van der Waals surface area contributed by atoms with Crippen LogP contribution in [0.4, 0.5) is 5.88 Å². The molecule has 1 unspecified atom stereocenters. The van der Waals surface area contributed by atoms with Crippen molar-refractivity contribution < 1.29 is 19.2 Å². The topological polar surface area (TPSA) is 106 Å². The second-order valence-electron chi connectivity index (χ2n) is 6.68. The Morgan fingerprint density at radius 2 is 1.93 bits per heavy atom. The van der Waals surface area contributed by atoms with Gasteiger partial charge in [-0.2, -0.15) is 0 Å². The zero-order valence-corrected chi connectivity index (χ0v) is 15.0. The number of furan rings is 1. The summed E-state index contributed by atoms with van der Waals surface area (Å²) in [5.41, 5.74) is 2.36. The predicted molar refractivity (Wildman–Crippen MR) is 101 cm³/mol. The minimum atomic E-state index is -0.907. The van der Waals surface area contributed by atoms with E-state index in [-0.39, 0.29) is 11.8 Å². The number of carboxylic acids is 1. The minimum Gasteiger partial charge on any atom is -0.480 e. The van der Waals surface area contributed by atoms with E-state index in [1.54, 1.807) is 30.3 Å². The first kappa shape index (κ1) is 18.6. The molecule has 0 aliphatic carbocycles. The normalized spacial score (nSPS) is 12.4. The SMILES string of the molecule is CC(C)C(NCc1ccc2oc([N+](=O)[O-])c(-c3ccccc3)c2c1)C(=O)O. The summed E-state index contributed by atoms with van der Waals surface area (Å²) in [6.07, 6.45) is 0. The van der Waals surface area contributed by atoms with Crippen LogP contribution in [0.2, 0.25) is 0 Å². The number of nitrogens with one attached hydrogen (secondary N) is 1. The van der Waals surface area contributed by atoms with Crippen molar-refractivity contribution in [3.8, 4) is 11.1 Å². The highest BCUT2D eigenvalue weighted by atomic mass is 16.6. The van der Waals surface area contributed by atoms with Crippen molar-refractivity contribution in [3.63, 3.8) is 0 Å². The van der Waals surface area contributed by atoms with Crippen LogP contribution in [0.1, 0.15) is 19.4 Å². The summed E-state index contributed by atoms with van der Waals surface area (Å²) < 4.78 is 5.46. The Morgan fingerprint density at radius 3 is 2.52 bits per heavy atom. The van der Waals surface area contributed by atoms with E-state index < -0.39 is 16.9 Å². The molecule has 0 aliphatic rings. The first-order valence-corrected chi connectivity index (χ1v) is 8.60. The fraction of sp³-hybridized carbons (Fsp3) is 0.250. The molecule has 0 amide bonds. The van der Waals surface area contributed by atoms with Gasteiger partial charge in [-0.15, -0.1) is 0 Å². The van der Waals surface area contributed by atoms with Crippen LogP contribution in [-0.4, -0.2) is 22.0 Å². The molecule has 27 heavy (non-hydrogen) atoms. The number of hydrogen-bond acceptors (Lipinski definition) is 5. The summed E-state index contributed by atoms with van der Waals surface area (Å²) in [6, 6.07) is 13.6. The van der Waals surface area contributed by atoms with Gasteiger partial charge in [0, 0.05) is 11.9 Å². The van der Waals surface area contributed by atoms with E-state index in [0.717, 1.165) is 5.56 Å². The van der Waals surface area contributed by atoms with Crippen LogP contribution in [0, 0.1) is 16.0 Å². The van der Waals surface area contributed by atoms with Crippen molar-refractivity contribution in [1.82, 2.24) is 5.32 Å². The van der Waals surface area contributed by atoms with E-state index in [1.165, 1.54) is 0 Å². The van der Waals surface area contributed by atoms with Gasteiger partial charge in [-0.05, 0) is 29.2 Å². The third-order valence-electron chi connectivity index (χ3n) is 4.42. The number of nitro groups is 1. The standard InChI is InChI=1S/C20H20N2O5/c1-12(2)18(20(23)24)21-11-13-8-9-16-15(10-13)17(19(27-16)22(25)26)14-6-4-3-5-7-14/h3-10,12,18,21H,11H2,1-2H3,(H,23,24). The summed E-state index contributed by atoms with van der Waals surface area (Å²) in [6.45, 7) is 4.00. The number of hydrogen-bond donors (Lipinski definition) is 2. The molecule has 0 saturated heterocycles. The minimum absolute atomic E-state index is 0.0684. The van der Waals surface area contributed by atoms with Gasteiger partial charge in [0.25, 0.3) is 0 Å². The molecule has 0 fully saturated rings. The Kier molecular flexibility index (Phi) is 5.23. The maximum atomic E-state index is 11.4. The van der Waals surface area contributed by atoms with Crippen LogP contribution in [-0.2, 0) is 11.3 Å².